The minimum atomic E-state index is 0.251. The number of hydrogen-bond donors (Lipinski definition) is 1. The Bertz CT molecular complexity index is 325. The van der Waals surface area contributed by atoms with E-state index in [1.807, 2.05) is 6.07 Å². The van der Waals surface area contributed by atoms with E-state index in [1.54, 1.807) is 0 Å². The van der Waals surface area contributed by atoms with Crippen molar-refractivity contribution >= 4 is 15.9 Å². The number of nitrogens with zero attached hydrogens (tertiary/aromatic N) is 1. The van der Waals surface area contributed by atoms with Gasteiger partial charge >= 0.3 is 0 Å². The molecule has 2 rings (SSSR count). The second-order valence-corrected chi connectivity index (χ2v) is 4.87. The second-order valence-electron chi connectivity index (χ2n) is 4.02. The van der Waals surface area contributed by atoms with Gasteiger partial charge in [-0.1, -0.05) is 34.1 Å². The van der Waals surface area contributed by atoms with E-state index in [-0.39, 0.29) is 6.61 Å². The summed E-state index contributed by atoms with van der Waals surface area (Å²) in [6.07, 6.45) is 2.56. The van der Waals surface area contributed by atoms with Crippen molar-refractivity contribution in [2.24, 2.45) is 0 Å². The molecule has 82 valence electrons. The standard InChI is InChI=1S/C12H16BrNO/c13-12-4-2-1-3-10(12)9-14(7-8-15)11-5-6-11/h1-4,11,15H,5-9H2. The lowest BCUT2D eigenvalue weighted by Gasteiger charge is -2.21. The molecule has 0 bridgehead atoms. The molecule has 0 spiro atoms. The fourth-order valence-corrected chi connectivity index (χ4v) is 2.21. The second kappa shape index (κ2) is 5.10. The van der Waals surface area contributed by atoms with Crippen LogP contribution in [0.2, 0.25) is 0 Å². The highest BCUT2D eigenvalue weighted by Gasteiger charge is 2.28. The maximum absolute atomic E-state index is 9.01. The summed E-state index contributed by atoms with van der Waals surface area (Å²) in [6.45, 7) is 1.97. The summed E-state index contributed by atoms with van der Waals surface area (Å²) in [5.41, 5.74) is 1.30. The quantitative estimate of drug-likeness (QED) is 0.888. The van der Waals surface area contributed by atoms with Gasteiger partial charge < -0.3 is 5.11 Å². The minimum absolute atomic E-state index is 0.251. The van der Waals surface area contributed by atoms with Gasteiger partial charge in [-0.25, -0.2) is 0 Å². The molecule has 1 aliphatic rings. The zero-order chi connectivity index (χ0) is 10.7. The first kappa shape index (κ1) is 11.1. The Balaban J connectivity index is 2.02. The zero-order valence-electron chi connectivity index (χ0n) is 8.69. The van der Waals surface area contributed by atoms with E-state index in [0.29, 0.717) is 6.04 Å². The van der Waals surface area contributed by atoms with Crippen LogP contribution in [-0.4, -0.2) is 29.2 Å². The third-order valence-corrected chi connectivity index (χ3v) is 3.56. The summed E-state index contributed by atoms with van der Waals surface area (Å²) in [7, 11) is 0. The van der Waals surface area contributed by atoms with Gasteiger partial charge in [0.25, 0.3) is 0 Å². The predicted molar refractivity (Wildman–Crippen MR) is 64.7 cm³/mol. The molecule has 0 radical (unpaired) electrons. The Morgan fingerprint density at radius 3 is 2.67 bits per heavy atom. The summed E-state index contributed by atoms with van der Waals surface area (Å²) in [5, 5.41) is 9.01. The summed E-state index contributed by atoms with van der Waals surface area (Å²) in [6, 6.07) is 8.99. The van der Waals surface area contributed by atoms with Crippen LogP contribution in [0, 0.1) is 0 Å². The molecule has 1 saturated carbocycles. The third-order valence-electron chi connectivity index (χ3n) is 2.78. The van der Waals surface area contributed by atoms with E-state index >= 15 is 0 Å². The number of aliphatic hydroxyl groups is 1. The van der Waals surface area contributed by atoms with Crippen molar-refractivity contribution in [1.82, 2.24) is 4.90 Å². The summed E-state index contributed by atoms with van der Waals surface area (Å²) in [4.78, 5) is 2.36. The van der Waals surface area contributed by atoms with Gasteiger partial charge in [0.15, 0.2) is 0 Å². The lowest BCUT2D eigenvalue weighted by atomic mass is 10.2. The Morgan fingerprint density at radius 1 is 1.33 bits per heavy atom. The zero-order valence-corrected chi connectivity index (χ0v) is 10.3. The number of halogens is 1. The van der Waals surface area contributed by atoms with E-state index in [0.717, 1.165) is 17.6 Å². The molecule has 3 heteroatoms. The van der Waals surface area contributed by atoms with Crippen LogP contribution < -0.4 is 0 Å². The van der Waals surface area contributed by atoms with Crippen molar-refractivity contribution in [1.29, 1.82) is 0 Å². The Labute approximate surface area is 99.0 Å². The van der Waals surface area contributed by atoms with Crippen molar-refractivity contribution in [3.05, 3.63) is 34.3 Å². The van der Waals surface area contributed by atoms with Crippen molar-refractivity contribution in [2.45, 2.75) is 25.4 Å². The number of aliphatic hydroxyl groups excluding tert-OH is 1. The molecule has 0 atom stereocenters. The summed E-state index contributed by atoms with van der Waals surface area (Å²) in [5.74, 6) is 0. The highest BCUT2D eigenvalue weighted by molar-refractivity contribution is 9.10. The van der Waals surface area contributed by atoms with Gasteiger partial charge in [-0.2, -0.15) is 0 Å². The topological polar surface area (TPSA) is 23.5 Å². The molecule has 1 aromatic rings. The van der Waals surface area contributed by atoms with Crippen LogP contribution in [0.5, 0.6) is 0 Å². The average molecular weight is 270 g/mol. The molecule has 0 aliphatic heterocycles. The maximum Gasteiger partial charge on any atom is 0.0558 e. The van der Waals surface area contributed by atoms with Gasteiger partial charge in [0.1, 0.15) is 0 Å². The molecule has 0 unspecified atom stereocenters. The van der Waals surface area contributed by atoms with E-state index in [2.05, 4.69) is 39.0 Å². The maximum atomic E-state index is 9.01. The summed E-state index contributed by atoms with van der Waals surface area (Å²) < 4.78 is 1.16. The van der Waals surface area contributed by atoms with Crippen molar-refractivity contribution < 1.29 is 5.11 Å². The molecule has 1 N–H and O–H groups in total. The van der Waals surface area contributed by atoms with Crippen LogP contribution in [0.4, 0.5) is 0 Å². The smallest absolute Gasteiger partial charge is 0.0558 e. The highest BCUT2D eigenvalue weighted by atomic mass is 79.9. The van der Waals surface area contributed by atoms with Crippen LogP contribution in [0.15, 0.2) is 28.7 Å². The van der Waals surface area contributed by atoms with Crippen LogP contribution in [-0.2, 0) is 6.54 Å². The Morgan fingerprint density at radius 2 is 2.07 bits per heavy atom. The van der Waals surface area contributed by atoms with Crippen LogP contribution in [0.25, 0.3) is 0 Å². The molecular formula is C12H16BrNO. The largest absolute Gasteiger partial charge is 0.395 e. The fourth-order valence-electron chi connectivity index (χ4n) is 1.80. The van der Waals surface area contributed by atoms with Gasteiger partial charge in [-0.05, 0) is 24.5 Å². The molecule has 0 heterocycles. The van der Waals surface area contributed by atoms with E-state index in [4.69, 9.17) is 5.11 Å². The van der Waals surface area contributed by atoms with E-state index in [1.165, 1.54) is 18.4 Å². The molecule has 0 amide bonds. The SMILES string of the molecule is OCCN(Cc1ccccc1Br)C1CC1. The van der Waals surface area contributed by atoms with Gasteiger partial charge in [-0.3, -0.25) is 4.90 Å². The lowest BCUT2D eigenvalue weighted by molar-refractivity contribution is 0.183. The minimum Gasteiger partial charge on any atom is -0.395 e. The molecular weight excluding hydrogens is 254 g/mol. The molecule has 0 aromatic heterocycles. The van der Waals surface area contributed by atoms with Crippen molar-refractivity contribution in [2.75, 3.05) is 13.2 Å². The first-order valence-corrected chi connectivity index (χ1v) is 6.19. The van der Waals surface area contributed by atoms with Gasteiger partial charge in [-0.15, -0.1) is 0 Å². The van der Waals surface area contributed by atoms with Crippen molar-refractivity contribution in [3.63, 3.8) is 0 Å². The molecule has 0 saturated heterocycles. The van der Waals surface area contributed by atoms with Crippen LogP contribution in [0.3, 0.4) is 0 Å². The monoisotopic (exact) mass is 269 g/mol. The summed E-state index contributed by atoms with van der Waals surface area (Å²) >= 11 is 3.56. The molecule has 2 nitrogen and oxygen atoms in total. The third kappa shape index (κ3) is 3.03. The van der Waals surface area contributed by atoms with Crippen molar-refractivity contribution in [3.8, 4) is 0 Å². The average Bonchev–Trinajstić information content (AvgIpc) is 3.04. The first-order chi connectivity index (χ1) is 7.31. The number of hydrogen-bond acceptors (Lipinski definition) is 2. The number of benzene rings is 1. The molecule has 1 aliphatic carbocycles. The Kier molecular flexibility index (Phi) is 3.78. The van der Waals surface area contributed by atoms with Gasteiger partial charge in [0, 0.05) is 23.6 Å². The molecule has 15 heavy (non-hydrogen) atoms. The van der Waals surface area contributed by atoms with Gasteiger partial charge in [0.05, 0.1) is 6.61 Å². The van der Waals surface area contributed by atoms with E-state index in [9.17, 15) is 0 Å². The first-order valence-electron chi connectivity index (χ1n) is 5.39. The lowest BCUT2D eigenvalue weighted by Crippen LogP contribution is -2.28. The highest BCUT2D eigenvalue weighted by Crippen LogP contribution is 2.29. The fraction of sp³-hybridized carbons (Fsp3) is 0.500. The number of rotatable bonds is 5. The normalized spacial score (nSPS) is 15.9. The van der Waals surface area contributed by atoms with Crippen LogP contribution >= 0.6 is 15.9 Å². The van der Waals surface area contributed by atoms with E-state index < -0.39 is 0 Å². The van der Waals surface area contributed by atoms with Gasteiger partial charge in [0.2, 0.25) is 0 Å². The van der Waals surface area contributed by atoms with Crippen LogP contribution in [0.1, 0.15) is 18.4 Å². The predicted octanol–water partition coefficient (Wildman–Crippen LogP) is 2.41. The molecule has 1 aromatic carbocycles. The Hall–Kier alpha value is -0.380. The molecule has 1 fully saturated rings.